The van der Waals surface area contributed by atoms with Crippen LogP contribution in [-0.4, -0.2) is 65.8 Å². The molecular formula is C31H36FN5O2. The molecule has 0 amide bonds. The van der Waals surface area contributed by atoms with Crippen LogP contribution in [0, 0.1) is 18.2 Å². The van der Waals surface area contributed by atoms with Crippen molar-refractivity contribution in [1.82, 2.24) is 19.5 Å². The summed E-state index contributed by atoms with van der Waals surface area (Å²) in [6.45, 7) is 7.32. The molecule has 6 rings (SSSR count). The smallest absolute Gasteiger partial charge is 0.152 e. The molecule has 0 aliphatic carbocycles. The number of aromatic nitrogens is 2. The third-order valence-corrected chi connectivity index (χ3v) is 8.40. The second kappa shape index (κ2) is 9.83. The van der Waals surface area contributed by atoms with Gasteiger partial charge in [0.2, 0.25) is 0 Å². The number of fused-ring (bicyclic) bond motifs is 1. The van der Waals surface area contributed by atoms with E-state index in [1.165, 1.54) is 5.57 Å². The molecule has 1 aromatic heterocycles. The lowest BCUT2D eigenvalue weighted by molar-refractivity contribution is -0.0435. The standard InChI is InChI=1S/C31H36FN5O2/c1-22-17-36(21-33-22)27-11-6-23(15-28(27)38-4)14-24-16-31(12-5-13-39-20-31)19-37-29(24)34-35(3)18-30(37,2)25-7-9-26(32)10-8-25/h6-11,14-15,17,21H,5,12-13,16,18-20H2,1-4H3. The second-order valence-corrected chi connectivity index (χ2v) is 11.5. The normalized spacial score (nSPS) is 26.1. The van der Waals surface area contributed by atoms with Crippen molar-refractivity contribution in [3.63, 3.8) is 0 Å². The summed E-state index contributed by atoms with van der Waals surface area (Å²) in [6.07, 6.45) is 9.08. The zero-order valence-electron chi connectivity index (χ0n) is 23.2. The summed E-state index contributed by atoms with van der Waals surface area (Å²) >= 11 is 0. The van der Waals surface area contributed by atoms with Crippen LogP contribution in [0.3, 0.4) is 0 Å². The van der Waals surface area contributed by atoms with E-state index in [2.05, 4.69) is 41.1 Å². The van der Waals surface area contributed by atoms with Gasteiger partial charge in [-0.1, -0.05) is 18.2 Å². The number of halogens is 1. The summed E-state index contributed by atoms with van der Waals surface area (Å²) in [5.74, 6) is 1.53. The third-order valence-electron chi connectivity index (χ3n) is 8.40. The number of aryl methyl sites for hydroxylation is 1. The van der Waals surface area contributed by atoms with Crippen molar-refractivity contribution in [2.24, 2.45) is 10.5 Å². The molecule has 8 heteroatoms. The van der Waals surface area contributed by atoms with Gasteiger partial charge >= 0.3 is 0 Å². The fraction of sp³-hybridized carbons (Fsp3) is 0.419. The summed E-state index contributed by atoms with van der Waals surface area (Å²) in [5.41, 5.74) is 4.84. The molecular weight excluding hydrogens is 493 g/mol. The Kier molecular flexibility index (Phi) is 6.46. The maximum absolute atomic E-state index is 13.9. The number of hydrogen-bond acceptors (Lipinski definition) is 6. The number of amidine groups is 1. The van der Waals surface area contributed by atoms with E-state index in [4.69, 9.17) is 14.6 Å². The lowest BCUT2D eigenvalue weighted by Gasteiger charge is -2.56. The molecule has 1 spiro atoms. The van der Waals surface area contributed by atoms with Gasteiger partial charge in [-0.3, -0.25) is 5.01 Å². The maximum atomic E-state index is 13.9. The number of hydrogen-bond donors (Lipinski definition) is 0. The van der Waals surface area contributed by atoms with E-state index in [1.807, 2.05) is 41.9 Å². The van der Waals surface area contributed by atoms with Gasteiger partial charge < -0.3 is 18.9 Å². The molecule has 4 heterocycles. The van der Waals surface area contributed by atoms with Gasteiger partial charge in [-0.05, 0) is 80.2 Å². The molecule has 2 saturated heterocycles. The molecule has 3 aliphatic heterocycles. The van der Waals surface area contributed by atoms with E-state index >= 15 is 0 Å². The van der Waals surface area contributed by atoms with Crippen molar-refractivity contribution in [3.8, 4) is 11.4 Å². The van der Waals surface area contributed by atoms with Gasteiger partial charge in [0.1, 0.15) is 11.6 Å². The highest BCUT2D eigenvalue weighted by atomic mass is 19.1. The molecule has 39 heavy (non-hydrogen) atoms. The molecule has 2 atom stereocenters. The Labute approximate surface area is 229 Å². The first-order valence-corrected chi connectivity index (χ1v) is 13.6. The Hall–Kier alpha value is -3.65. The molecule has 2 unspecified atom stereocenters. The first-order valence-electron chi connectivity index (χ1n) is 13.6. The summed E-state index contributed by atoms with van der Waals surface area (Å²) in [6, 6.07) is 13.2. The number of likely N-dealkylation sites (N-methyl/N-ethyl adjacent to an activating group) is 1. The van der Waals surface area contributed by atoms with Gasteiger partial charge in [-0.2, -0.15) is 5.10 Å². The van der Waals surface area contributed by atoms with Crippen LogP contribution in [0.1, 0.15) is 43.0 Å². The Morgan fingerprint density at radius 1 is 1.13 bits per heavy atom. The van der Waals surface area contributed by atoms with Gasteiger partial charge in [-0.25, -0.2) is 9.37 Å². The Morgan fingerprint density at radius 3 is 2.64 bits per heavy atom. The van der Waals surface area contributed by atoms with Crippen LogP contribution in [0.25, 0.3) is 11.8 Å². The fourth-order valence-corrected chi connectivity index (χ4v) is 6.47. The highest BCUT2D eigenvalue weighted by Gasteiger charge is 2.50. The Bertz CT molecular complexity index is 1420. The summed E-state index contributed by atoms with van der Waals surface area (Å²) < 4.78 is 27.7. The number of rotatable bonds is 4. The van der Waals surface area contributed by atoms with E-state index in [-0.39, 0.29) is 16.8 Å². The molecule has 0 bridgehead atoms. The van der Waals surface area contributed by atoms with Crippen molar-refractivity contribution in [2.75, 3.05) is 40.5 Å². The van der Waals surface area contributed by atoms with Crippen molar-refractivity contribution in [1.29, 1.82) is 0 Å². The lowest BCUT2D eigenvalue weighted by Crippen LogP contribution is -2.63. The average Bonchev–Trinajstić information content (AvgIpc) is 3.36. The monoisotopic (exact) mass is 529 g/mol. The maximum Gasteiger partial charge on any atom is 0.152 e. The van der Waals surface area contributed by atoms with Crippen LogP contribution in [0.2, 0.25) is 0 Å². The van der Waals surface area contributed by atoms with E-state index in [0.29, 0.717) is 6.54 Å². The third kappa shape index (κ3) is 4.71. The topological polar surface area (TPSA) is 55.1 Å². The Morgan fingerprint density at radius 2 is 1.95 bits per heavy atom. The molecule has 204 valence electrons. The van der Waals surface area contributed by atoms with Gasteiger partial charge in [0, 0.05) is 31.8 Å². The minimum Gasteiger partial charge on any atom is -0.495 e. The first-order chi connectivity index (χ1) is 18.8. The SMILES string of the molecule is COc1cc(C=C2CC3(CCCOC3)CN3C2=NN(C)CC3(C)c2ccc(F)cc2)ccc1-n1cnc(C)c1. The predicted octanol–water partition coefficient (Wildman–Crippen LogP) is 5.39. The van der Waals surface area contributed by atoms with Gasteiger partial charge in [0.25, 0.3) is 0 Å². The lowest BCUT2D eigenvalue weighted by atomic mass is 9.71. The summed E-state index contributed by atoms with van der Waals surface area (Å²) in [7, 11) is 3.72. The molecule has 7 nitrogen and oxygen atoms in total. The summed E-state index contributed by atoms with van der Waals surface area (Å²) in [4.78, 5) is 6.81. The van der Waals surface area contributed by atoms with Gasteiger partial charge in [0.15, 0.2) is 5.84 Å². The van der Waals surface area contributed by atoms with E-state index in [0.717, 1.165) is 73.1 Å². The number of benzene rings is 2. The van der Waals surface area contributed by atoms with Crippen LogP contribution >= 0.6 is 0 Å². The van der Waals surface area contributed by atoms with E-state index < -0.39 is 0 Å². The van der Waals surface area contributed by atoms with Crippen molar-refractivity contribution in [3.05, 3.63) is 83.2 Å². The molecule has 3 aliphatic rings. The number of hydrazone groups is 1. The fourth-order valence-electron chi connectivity index (χ4n) is 6.47. The highest BCUT2D eigenvalue weighted by Crippen LogP contribution is 2.47. The van der Waals surface area contributed by atoms with E-state index in [9.17, 15) is 4.39 Å². The minimum atomic E-state index is -0.371. The molecule has 2 fully saturated rings. The van der Waals surface area contributed by atoms with Crippen LogP contribution in [-0.2, 0) is 10.3 Å². The average molecular weight is 530 g/mol. The number of piperidine rings is 1. The van der Waals surface area contributed by atoms with Crippen LogP contribution in [0.15, 0.2) is 65.7 Å². The van der Waals surface area contributed by atoms with Crippen molar-refractivity contribution in [2.45, 2.75) is 38.6 Å². The van der Waals surface area contributed by atoms with Gasteiger partial charge in [-0.15, -0.1) is 0 Å². The number of ether oxygens (including phenoxy) is 2. The predicted molar refractivity (Wildman–Crippen MR) is 150 cm³/mol. The zero-order valence-corrected chi connectivity index (χ0v) is 23.2. The number of imidazole rings is 1. The van der Waals surface area contributed by atoms with E-state index in [1.54, 1.807) is 25.6 Å². The van der Waals surface area contributed by atoms with Crippen LogP contribution in [0.5, 0.6) is 5.75 Å². The number of nitrogens with zero attached hydrogens (tertiary/aromatic N) is 5. The molecule has 0 saturated carbocycles. The molecule has 0 radical (unpaired) electrons. The molecule has 3 aromatic rings. The first kappa shape index (κ1) is 25.6. The Balaban J connectivity index is 1.44. The molecule has 0 N–H and O–H groups in total. The molecule has 2 aromatic carbocycles. The van der Waals surface area contributed by atoms with Crippen LogP contribution in [0.4, 0.5) is 4.39 Å². The largest absolute Gasteiger partial charge is 0.495 e. The zero-order chi connectivity index (χ0) is 27.2. The van der Waals surface area contributed by atoms with Crippen molar-refractivity contribution >= 4 is 11.9 Å². The van der Waals surface area contributed by atoms with Crippen molar-refractivity contribution < 1.29 is 13.9 Å². The minimum absolute atomic E-state index is 0.00132. The second-order valence-electron chi connectivity index (χ2n) is 11.5. The summed E-state index contributed by atoms with van der Waals surface area (Å²) in [5, 5.41) is 7.08. The number of methoxy groups -OCH3 is 1. The van der Waals surface area contributed by atoms with Gasteiger partial charge in [0.05, 0.1) is 43.5 Å². The van der Waals surface area contributed by atoms with Crippen LogP contribution < -0.4 is 4.74 Å². The highest BCUT2D eigenvalue weighted by molar-refractivity contribution is 6.03. The quantitative estimate of drug-likeness (QED) is 0.454.